The number of allylic oxidation sites excluding steroid dienone is 1. The zero-order valence-electron chi connectivity index (χ0n) is 19.0. The lowest BCUT2D eigenvalue weighted by molar-refractivity contribution is -0.429. The Morgan fingerprint density at radius 1 is 0.909 bits per heavy atom. The summed E-state index contributed by atoms with van der Waals surface area (Å²) in [6.45, 7) is 6.66. The number of aromatic nitrogens is 2. The van der Waals surface area contributed by atoms with E-state index in [4.69, 9.17) is 0 Å². The highest BCUT2D eigenvalue weighted by atomic mass is 16.6. The Labute approximate surface area is 194 Å². The van der Waals surface area contributed by atoms with Crippen molar-refractivity contribution in [3.8, 4) is 0 Å². The Morgan fingerprint density at radius 3 is 1.91 bits per heavy atom. The van der Waals surface area contributed by atoms with Crippen LogP contribution in [-0.4, -0.2) is 50.9 Å². The van der Waals surface area contributed by atoms with Crippen LogP contribution in [0.4, 0.5) is 0 Å². The first-order chi connectivity index (χ1) is 16.1. The van der Waals surface area contributed by atoms with Crippen LogP contribution in [-0.2, 0) is 13.1 Å². The molecule has 0 aromatic carbocycles. The van der Waals surface area contributed by atoms with Gasteiger partial charge in [0.05, 0.1) is 11.3 Å². The van der Waals surface area contributed by atoms with Crippen molar-refractivity contribution >= 4 is 0 Å². The molecule has 2 aliphatic heterocycles. The fraction of sp³-hybridized carbons (Fsp3) is 0.417. The van der Waals surface area contributed by atoms with E-state index in [0.717, 1.165) is 62.5 Å². The number of nitrogens with one attached hydrogen (secondary N) is 2. The number of hydrogen-bond donors (Lipinski definition) is 2. The molecule has 2 aliphatic rings. The predicted molar refractivity (Wildman–Crippen MR) is 126 cm³/mol. The molecule has 4 heterocycles. The van der Waals surface area contributed by atoms with Crippen LogP contribution in [0.5, 0.6) is 0 Å². The summed E-state index contributed by atoms with van der Waals surface area (Å²) in [5.41, 5.74) is 3.44. The Kier molecular flexibility index (Phi) is 7.39. The lowest BCUT2D eigenvalue weighted by atomic mass is 10.1. The monoisotopic (exact) mass is 449 g/mol. The first-order valence-electron chi connectivity index (χ1n) is 11.4. The van der Waals surface area contributed by atoms with E-state index >= 15 is 0 Å². The molecule has 9 nitrogen and oxygen atoms in total. The molecule has 174 valence electrons. The fourth-order valence-corrected chi connectivity index (χ4v) is 4.41. The minimum absolute atomic E-state index is 0.213. The van der Waals surface area contributed by atoms with E-state index < -0.39 is 0 Å². The molecule has 0 amide bonds. The highest BCUT2D eigenvalue weighted by Gasteiger charge is 2.28. The molecule has 0 saturated carbocycles. The average Bonchev–Trinajstić information content (AvgIpc) is 2.84. The number of nitrogens with zero attached hydrogens (tertiary/aromatic N) is 5. The molecule has 9 heteroatoms. The van der Waals surface area contributed by atoms with Crippen molar-refractivity contribution in [2.24, 2.45) is 0 Å². The van der Waals surface area contributed by atoms with Gasteiger partial charge < -0.3 is 20.4 Å². The van der Waals surface area contributed by atoms with Gasteiger partial charge in [-0.25, -0.2) is 0 Å². The minimum Gasteiger partial charge on any atom is -0.372 e. The van der Waals surface area contributed by atoms with Crippen molar-refractivity contribution in [2.45, 2.75) is 39.3 Å². The molecular formula is C24H31N7O2. The third-order valence-corrected chi connectivity index (χ3v) is 6.00. The molecule has 0 unspecified atom stereocenters. The van der Waals surface area contributed by atoms with Crippen LogP contribution in [0.2, 0.25) is 0 Å². The highest BCUT2D eigenvalue weighted by Crippen LogP contribution is 2.25. The van der Waals surface area contributed by atoms with Gasteiger partial charge in [-0.05, 0) is 60.7 Å². The van der Waals surface area contributed by atoms with E-state index in [2.05, 4.69) is 30.4 Å². The maximum Gasteiger partial charge on any atom is 0.290 e. The highest BCUT2D eigenvalue weighted by molar-refractivity contribution is 5.22. The van der Waals surface area contributed by atoms with E-state index in [9.17, 15) is 10.1 Å². The van der Waals surface area contributed by atoms with Gasteiger partial charge in [0.15, 0.2) is 5.82 Å². The summed E-state index contributed by atoms with van der Waals surface area (Å²) in [5, 5.41) is 19.0. The van der Waals surface area contributed by atoms with Crippen LogP contribution in [0.3, 0.4) is 0 Å². The van der Waals surface area contributed by atoms with Gasteiger partial charge >= 0.3 is 0 Å². The zero-order chi connectivity index (χ0) is 23.0. The summed E-state index contributed by atoms with van der Waals surface area (Å²) >= 11 is 0. The molecule has 2 aromatic rings. The Balaban J connectivity index is 1.60. The SMILES string of the molecule is C/C(C/C(=C1\NCCCN1Cc1ccncc1)[N+](=O)[O-])=C1/NCCCN1Cc1ccncc1. The van der Waals surface area contributed by atoms with Crippen LogP contribution in [0.1, 0.15) is 37.3 Å². The Bertz CT molecular complexity index is 1010. The maximum absolute atomic E-state index is 12.2. The summed E-state index contributed by atoms with van der Waals surface area (Å²) in [7, 11) is 0. The summed E-state index contributed by atoms with van der Waals surface area (Å²) in [6.07, 6.45) is 9.36. The molecule has 2 saturated heterocycles. The first kappa shape index (κ1) is 22.6. The molecule has 0 bridgehead atoms. The third-order valence-electron chi connectivity index (χ3n) is 6.00. The van der Waals surface area contributed by atoms with Crippen molar-refractivity contribution in [1.29, 1.82) is 0 Å². The number of rotatable bonds is 7. The minimum atomic E-state index is -0.229. The quantitative estimate of drug-likeness (QED) is 0.492. The molecule has 4 rings (SSSR count). The fourth-order valence-electron chi connectivity index (χ4n) is 4.41. The Hall–Kier alpha value is -3.62. The zero-order valence-corrected chi connectivity index (χ0v) is 19.0. The molecule has 2 N–H and O–H groups in total. The van der Waals surface area contributed by atoms with E-state index in [0.29, 0.717) is 12.4 Å². The molecule has 33 heavy (non-hydrogen) atoms. The van der Waals surface area contributed by atoms with Crippen LogP contribution in [0, 0.1) is 10.1 Å². The molecular weight excluding hydrogens is 418 g/mol. The van der Waals surface area contributed by atoms with Crippen molar-refractivity contribution in [1.82, 2.24) is 30.4 Å². The second-order valence-corrected chi connectivity index (χ2v) is 8.47. The van der Waals surface area contributed by atoms with E-state index in [1.165, 1.54) is 5.56 Å². The average molecular weight is 450 g/mol. The second-order valence-electron chi connectivity index (χ2n) is 8.47. The summed E-state index contributed by atoms with van der Waals surface area (Å²) in [5.74, 6) is 1.62. The molecule has 2 aromatic heterocycles. The number of pyridine rings is 2. The van der Waals surface area contributed by atoms with Crippen LogP contribution in [0.25, 0.3) is 0 Å². The summed E-state index contributed by atoms with van der Waals surface area (Å²) in [6, 6.07) is 7.92. The molecule has 0 atom stereocenters. The molecule has 0 spiro atoms. The summed E-state index contributed by atoms with van der Waals surface area (Å²) in [4.78, 5) is 24.5. The maximum atomic E-state index is 12.2. The van der Waals surface area contributed by atoms with Gasteiger partial charge in [-0.2, -0.15) is 0 Å². The van der Waals surface area contributed by atoms with Crippen molar-refractivity contribution in [2.75, 3.05) is 26.2 Å². The molecule has 2 fully saturated rings. The largest absolute Gasteiger partial charge is 0.372 e. The Morgan fingerprint density at radius 2 is 1.39 bits per heavy atom. The second kappa shape index (κ2) is 10.8. The van der Waals surface area contributed by atoms with Crippen LogP contribution >= 0.6 is 0 Å². The van der Waals surface area contributed by atoms with Gasteiger partial charge in [0.2, 0.25) is 0 Å². The van der Waals surface area contributed by atoms with Crippen molar-refractivity contribution < 1.29 is 4.92 Å². The lowest BCUT2D eigenvalue weighted by Crippen LogP contribution is -2.41. The number of hydrogen-bond acceptors (Lipinski definition) is 8. The topological polar surface area (TPSA) is 99.5 Å². The molecule has 0 radical (unpaired) electrons. The summed E-state index contributed by atoms with van der Waals surface area (Å²) < 4.78 is 0. The van der Waals surface area contributed by atoms with Gasteiger partial charge in [0.25, 0.3) is 5.70 Å². The number of nitro groups is 1. The van der Waals surface area contributed by atoms with Gasteiger partial charge in [-0.15, -0.1) is 0 Å². The van der Waals surface area contributed by atoms with Crippen molar-refractivity contribution in [3.63, 3.8) is 0 Å². The van der Waals surface area contributed by atoms with Gasteiger partial charge in [-0.1, -0.05) is 0 Å². The van der Waals surface area contributed by atoms with Gasteiger partial charge in [-0.3, -0.25) is 20.1 Å². The van der Waals surface area contributed by atoms with E-state index in [-0.39, 0.29) is 17.0 Å². The van der Waals surface area contributed by atoms with Crippen LogP contribution < -0.4 is 10.6 Å². The van der Waals surface area contributed by atoms with Gasteiger partial charge in [0.1, 0.15) is 5.82 Å². The third kappa shape index (κ3) is 5.79. The first-order valence-corrected chi connectivity index (χ1v) is 11.4. The van der Waals surface area contributed by atoms with Crippen molar-refractivity contribution in [3.05, 3.63) is 93.2 Å². The smallest absolute Gasteiger partial charge is 0.290 e. The van der Waals surface area contributed by atoms with E-state index in [1.54, 1.807) is 24.8 Å². The lowest BCUT2D eigenvalue weighted by Gasteiger charge is -2.35. The van der Waals surface area contributed by atoms with Gasteiger partial charge in [0, 0.05) is 64.1 Å². The molecule has 0 aliphatic carbocycles. The van der Waals surface area contributed by atoms with Crippen LogP contribution in [0.15, 0.2) is 72.0 Å². The predicted octanol–water partition coefficient (Wildman–Crippen LogP) is 2.83. The normalized spacial score (nSPS) is 19.4. The standard InChI is InChI=1S/C24H31N7O2/c1-19(23-27-8-2-14-29(23)17-20-4-10-25-11-5-20)16-22(31(32)33)24-28-9-3-15-30(24)18-21-6-12-26-13-7-21/h4-7,10-13,27-28H,2-3,8-9,14-18H2,1H3/b23-19+,24-22-. The van der Waals surface area contributed by atoms with E-state index in [1.807, 2.05) is 31.2 Å².